The fourth-order valence-electron chi connectivity index (χ4n) is 5.01. The molecular weight excluding hydrogens is 600 g/mol. The summed E-state index contributed by atoms with van der Waals surface area (Å²) >= 11 is 2.85. The zero-order valence-electron chi connectivity index (χ0n) is 22.1. The summed E-state index contributed by atoms with van der Waals surface area (Å²) in [4.78, 5) is 20.2. The third-order valence-electron chi connectivity index (χ3n) is 7.12. The van der Waals surface area contributed by atoms with Gasteiger partial charge in [-0.25, -0.2) is 18.4 Å². The molecule has 2 N–H and O–H groups in total. The van der Waals surface area contributed by atoms with Crippen molar-refractivity contribution in [3.8, 4) is 28.3 Å². The third-order valence-corrected chi connectivity index (χ3v) is 7.85. The maximum Gasteiger partial charge on any atom is 0.259 e. The number of hydrogen-bond donors (Lipinski definition) is 1. The van der Waals surface area contributed by atoms with Gasteiger partial charge in [0.25, 0.3) is 11.6 Å². The molecule has 1 amide bonds. The second kappa shape index (κ2) is 10.5. The number of hydrogen-bond acceptors (Lipinski definition) is 8. The number of rotatable bonds is 6. The van der Waals surface area contributed by atoms with Gasteiger partial charge in [0.05, 0.1) is 51.3 Å². The number of likely N-dealkylation sites (tertiary alicyclic amines) is 1. The fourth-order valence-corrected chi connectivity index (χ4v) is 5.34. The van der Waals surface area contributed by atoms with Crippen LogP contribution in [0.3, 0.4) is 0 Å². The minimum Gasteiger partial charge on any atom is -0.494 e. The largest absolute Gasteiger partial charge is 0.494 e. The summed E-state index contributed by atoms with van der Waals surface area (Å²) in [6, 6.07) is 10.1. The summed E-state index contributed by atoms with van der Waals surface area (Å²) < 4.78 is 40.7. The van der Waals surface area contributed by atoms with E-state index in [0.717, 1.165) is 17.4 Å². The quantitative estimate of drug-likeness (QED) is 0.192. The highest BCUT2D eigenvalue weighted by Crippen LogP contribution is 2.35. The molecule has 41 heavy (non-hydrogen) atoms. The van der Waals surface area contributed by atoms with Crippen molar-refractivity contribution in [2.45, 2.75) is 26.3 Å². The number of nitrogens with two attached hydrogens (primary N) is 1. The number of ether oxygens (including phenoxy) is 1. The molecule has 4 heterocycles. The van der Waals surface area contributed by atoms with E-state index in [1.54, 1.807) is 28.8 Å². The van der Waals surface area contributed by atoms with Gasteiger partial charge in [0.1, 0.15) is 17.3 Å². The van der Waals surface area contributed by atoms with Crippen molar-refractivity contribution in [3.05, 3.63) is 70.0 Å². The van der Waals surface area contributed by atoms with Crippen LogP contribution in [0.15, 0.2) is 51.6 Å². The third kappa shape index (κ3) is 4.79. The van der Waals surface area contributed by atoms with Crippen molar-refractivity contribution < 1.29 is 22.8 Å². The van der Waals surface area contributed by atoms with Gasteiger partial charge in [0.2, 0.25) is 0 Å². The number of carbonyl (C=O) groups is 1. The van der Waals surface area contributed by atoms with Crippen molar-refractivity contribution in [3.63, 3.8) is 0 Å². The average molecular weight is 624 g/mol. The van der Waals surface area contributed by atoms with Gasteiger partial charge in [-0.3, -0.25) is 4.79 Å². The summed E-state index contributed by atoms with van der Waals surface area (Å²) in [5.41, 5.74) is 8.62. The Kier molecular flexibility index (Phi) is 6.89. The summed E-state index contributed by atoms with van der Waals surface area (Å²) in [5.74, 6) is -1.15. The summed E-state index contributed by atoms with van der Waals surface area (Å²) in [7, 11) is 0. The Morgan fingerprint density at radius 1 is 1.22 bits per heavy atom. The van der Waals surface area contributed by atoms with E-state index < -0.39 is 11.6 Å². The van der Waals surface area contributed by atoms with E-state index in [9.17, 15) is 13.6 Å². The number of fused-ring (bicyclic) bond motifs is 1. The second-order valence-corrected chi connectivity index (χ2v) is 10.5. The van der Waals surface area contributed by atoms with Crippen molar-refractivity contribution >= 4 is 38.6 Å². The van der Waals surface area contributed by atoms with E-state index in [1.165, 1.54) is 0 Å². The first-order valence-electron chi connectivity index (χ1n) is 12.9. The Morgan fingerprint density at radius 3 is 2.76 bits per heavy atom. The average Bonchev–Trinajstić information content (AvgIpc) is 3.74. The molecule has 6 rings (SSSR count). The van der Waals surface area contributed by atoms with Crippen LogP contribution < -0.4 is 10.5 Å². The van der Waals surface area contributed by atoms with Crippen LogP contribution in [0.4, 0.5) is 14.5 Å². The number of amides is 1. The topological polar surface area (TPSA) is 125 Å². The molecule has 1 saturated heterocycles. The van der Waals surface area contributed by atoms with E-state index in [-0.39, 0.29) is 39.1 Å². The van der Waals surface area contributed by atoms with Gasteiger partial charge in [-0.2, -0.15) is 0 Å². The van der Waals surface area contributed by atoms with Crippen LogP contribution in [-0.4, -0.2) is 55.6 Å². The molecule has 10 nitrogen and oxygen atoms in total. The summed E-state index contributed by atoms with van der Waals surface area (Å²) in [6.45, 7) is 5.06. The van der Waals surface area contributed by atoms with Gasteiger partial charge in [0, 0.05) is 24.2 Å². The van der Waals surface area contributed by atoms with Crippen LogP contribution in [0.2, 0.25) is 0 Å². The molecule has 1 atom stereocenters. The van der Waals surface area contributed by atoms with E-state index in [2.05, 4.69) is 36.4 Å². The molecule has 0 bridgehead atoms. The Balaban J connectivity index is 1.27. The molecule has 2 aromatic carbocycles. The zero-order valence-corrected chi connectivity index (χ0v) is 23.7. The van der Waals surface area contributed by atoms with Crippen molar-refractivity contribution in [2.24, 2.45) is 0 Å². The van der Waals surface area contributed by atoms with Gasteiger partial charge in [-0.05, 0) is 72.6 Å². The van der Waals surface area contributed by atoms with E-state index in [1.807, 2.05) is 31.2 Å². The molecule has 1 aliphatic heterocycles. The van der Waals surface area contributed by atoms with Gasteiger partial charge in [-0.1, -0.05) is 10.4 Å². The lowest BCUT2D eigenvalue weighted by Gasteiger charge is -2.17. The molecule has 210 valence electrons. The Bertz CT molecular complexity index is 1790. The zero-order chi connectivity index (χ0) is 28.8. The van der Waals surface area contributed by atoms with Crippen LogP contribution in [0.5, 0.6) is 5.75 Å². The van der Waals surface area contributed by atoms with Gasteiger partial charge >= 0.3 is 0 Å². The number of carbonyl (C=O) groups excluding carboxylic acids is 1. The van der Waals surface area contributed by atoms with E-state index >= 15 is 0 Å². The molecule has 0 saturated carbocycles. The Labute approximate surface area is 241 Å². The van der Waals surface area contributed by atoms with Crippen LogP contribution in [-0.2, 0) is 0 Å². The Morgan fingerprint density at radius 2 is 2.00 bits per heavy atom. The number of aryl methyl sites for hydroxylation is 1. The van der Waals surface area contributed by atoms with Gasteiger partial charge in [0.15, 0.2) is 5.82 Å². The Hall–Kier alpha value is -4.39. The predicted octanol–water partition coefficient (Wildman–Crippen LogP) is 5.57. The molecular formula is C28H24BrF2N7O3. The molecule has 1 fully saturated rings. The van der Waals surface area contributed by atoms with Crippen molar-refractivity contribution in [1.29, 1.82) is 0 Å². The molecule has 5 aromatic rings. The number of nitrogen functional groups attached to an aromatic ring is 1. The first kappa shape index (κ1) is 26.8. The number of halogens is 3. The maximum atomic E-state index is 14.3. The number of anilines is 1. The van der Waals surface area contributed by atoms with Crippen LogP contribution in [0.25, 0.3) is 33.6 Å². The maximum absolute atomic E-state index is 14.3. The molecule has 0 spiro atoms. The number of aromatic nitrogens is 5. The smallest absolute Gasteiger partial charge is 0.259 e. The predicted molar refractivity (Wildman–Crippen MR) is 150 cm³/mol. The highest BCUT2D eigenvalue weighted by atomic mass is 79.9. The number of pyridine rings is 1. The van der Waals surface area contributed by atoms with Crippen molar-refractivity contribution in [1.82, 2.24) is 30.0 Å². The van der Waals surface area contributed by atoms with Gasteiger partial charge < -0.3 is 19.9 Å². The monoisotopic (exact) mass is 623 g/mol. The fraction of sp³-hybridized carbons (Fsp3) is 0.250. The first-order chi connectivity index (χ1) is 19.7. The van der Waals surface area contributed by atoms with Crippen LogP contribution in [0.1, 0.15) is 35.4 Å². The normalized spacial score (nSPS) is 15.1. The molecule has 0 aliphatic carbocycles. The number of nitrogens with zero attached hydrogens (tertiary/aromatic N) is 6. The lowest BCUT2D eigenvalue weighted by atomic mass is 10.0. The number of benzene rings is 2. The summed E-state index contributed by atoms with van der Waals surface area (Å²) in [6.07, 6.45) is 2.19. The molecule has 1 aliphatic rings. The SMILES string of the molecule is CCOc1ccc(-c2cc(C(=O)N3CC[C@H](n4cc(-c5cc(F)c(Br)c(F)c5N)nn4)C3)c3c(C)noc3n2)cc1. The van der Waals surface area contributed by atoms with Crippen molar-refractivity contribution in [2.75, 3.05) is 25.4 Å². The first-order valence-corrected chi connectivity index (χ1v) is 13.7. The van der Waals surface area contributed by atoms with E-state index in [4.69, 9.17) is 15.0 Å². The minimum absolute atomic E-state index is 0.101. The van der Waals surface area contributed by atoms with Crippen LogP contribution >= 0.6 is 15.9 Å². The minimum atomic E-state index is -0.899. The van der Waals surface area contributed by atoms with Crippen LogP contribution in [0, 0.1) is 18.6 Å². The highest BCUT2D eigenvalue weighted by Gasteiger charge is 2.31. The van der Waals surface area contributed by atoms with Gasteiger partial charge in [-0.15, -0.1) is 5.10 Å². The standard InChI is InChI=1S/C28H24BrF2N7O3/c1-3-40-17-6-4-15(5-7-17)21-11-19(23-14(2)35-41-27(23)33-21)28(39)37-9-8-16(12-37)38-13-22(34-36-38)18-10-20(30)24(29)25(31)26(18)32/h4-7,10-11,13,16H,3,8-9,12,32H2,1-2H3/t16-/m0/s1. The lowest BCUT2D eigenvalue weighted by Crippen LogP contribution is -2.29. The summed E-state index contributed by atoms with van der Waals surface area (Å²) in [5, 5.41) is 12.8. The highest BCUT2D eigenvalue weighted by molar-refractivity contribution is 9.10. The molecule has 13 heteroatoms. The lowest BCUT2D eigenvalue weighted by molar-refractivity contribution is 0.0788. The van der Waals surface area contributed by atoms with E-state index in [0.29, 0.717) is 48.5 Å². The second-order valence-electron chi connectivity index (χ2n) is 9.69. The molecule has 3 aromatic heterocycles. The molecule has 0 unspecified atom stereocenters. The molecule has 0 radical (unpaired) electrons.